The van der Waals surface area contributed by atoms with E-state index in [1.165, 1.54) is 12.5 Å². The fraction of sp³-hybridized carbons (Fsp3) is 0.125. The molecule has 3 rings (SSSR count). The summed E-state index contributed by atoms with van der Waals surface area (Å²) in [7, 11) is 0. The van der Waals surface area contributed by atoms with E-state index in [2.05, 4.69) is 9.55 Å². The number of aromatic nitrogens is 2. The second kappa shape index (κ2) is 5.17. The van der Waals surface area contributed by atoms with E-state index in [0.29, 0.717) is 5.75 Å². The number of carbonyl (C=O) groups is 1. The quantitative estimate of drug-likeness (QED) is 0.540. The van der Waals surface area contributed by atoms with Crippen molar-refractivity contribution >= 4 is 16.9 Å². The molecule has 100 valence electrons. The Bertz CT molecular complexity index is 748. The van der Waals surface area contributed by atoms with Crippen LogP contribution >= 0.6 is 0 Å². The predicted molar refractivity (Wildman–Crippen MR) is 76.6 cm³/mol. The molecule has 2 aromatic heterocycles. The van der Waals surface area contributed by atoms with Gasteiger partial charge in [0.15, 0.2) is 0 Å². The summed E-state index contributed by atoms with van der Waals surface area (Å²) in [5.41, 5.74) is 2.22. The first-order valence-electron chi connectivity index (χ1n) is 6.39. The van der Waals surface area contributed by atoms with E-state index in [9.17, 15) is 4.79 Å². The van der Waals surface area contributed by atoms with Crippen LogP contribution in [0.5, 0.6) is 5.75 Å². The van der Waals surface area contributed by atoms with Gasteiger partial charge < -0.3 is 9.30 Å². The SMILES string of the molecule is CC(=O)Oc1cccc2c1ccn2Cc1ccncc1. The summed E-state index contributed by atoms with van der Waals surface area (Å²) < 4.78 is 7.35. The van der Waals surface area contributed by atoms with E-state index in [-0.39, 0.29) is 5.97 Å². The summed E-state index contributed by atoms with van der Waals surface area (Å²) in [6.07, 6.45) is 5.56. The van der Waals surface area contributed by atoms with E-state index >= 15 is 0 Å². The van der Waals surface area contributed by atoms with Crippen LogP contribution in [0.15, 0.2) is 55.0 Å². The zero-order valence-corrected chi connectivity index (χ0v) is 11.1. The van der Waals surface area contributed by atoms with Gasteiger partial charge in [-0.3, -0.25) is 9.78 Å². The van der Waals surface area contributed by atoms with Gasteiger partial charge in [-0.25, -0.2) is 0 Å². The number of nitrogens with zero attached hydrogens (tertiary/aromatic N) is 2. The Morgan fingerprint density at radius 1 is 1.20 bits per heavy atom. The number of esters is 1. The Balaban J connectivity index is 1.99. The van der Waals surface area contributed by atoms with E-state index in [0.717, 1.165) is 17.4 Å². The molecule has 0 aliphatic heterocycles. The smallest absolute Gasteiger partial charge is 0.308 e. The third-order valence-electron chi connectivity index (χ3n) is 3.13. The maximum atomic E-state index is 11.1. The van der Waals surface area contributed by atoms with Crippen LogP contribution in [0.2, 0.25) is 0 Å². The predicted octanol–water partition coefficient (Wildman–Crippen LogP) is 3.01. The summed E-state index contributed by atoms with van der Waals surface area (Å²) >= 11 is 0. The topological polar surface area (TPSA) is 44.1 Å². The molecule has 4 nitrogen and oxygen atoms in total. The lowest BCUT2D eigenvalue weighted by Crippen LogP contribution is -2.02. The van der Waals surface area contributed by atoms with Crippen LogP contribution < -0.4 is 4.74 Å². The molecule has 1 aromatic carbocycles. The molecule has 0 N–H and O–H groups in total. The second-order valence-electron chi connectivity index (χ2n) is 4.58. The number of hydrogen-bond donors (Lipinski definition) is 0. The van der Waals surface area contributed by atoms with Gasteiger partial charge in [-0.2, -0.15) is 0 Å². The minimum absolute atomic E-state index is 0.306. The summed E-state index contributed by atoms with van der Waals surface area (Å²) in [6.45, 7) is 2.17. The highest BCUT2D eigenvalue weighted by atomic mass is 16.5. The molecule has 0 unspecified atom stereocenters. The Hall–Kier alpha value is -2.62. The molecule has 0 atom stereocenters. The lowest BCUT2D eigenvalue weighted by Gasteiger charge is -2.07. The fourth-order valence-corrected chi connectivity index (χ4v) is 2.26. The van der Waals surface area contributed by atoms with Crippen molar-refractivity contribution in [3.63, 3.8) is 0 Å². The maximum Gasteiger partial charge on any atom is 0.308 e. The summed E-state index contributed by atoms with van der Waals surface area (Å²) in [4.78, 5) is 15.1. The van der Waals surface area contributed by atoms with Crippen molar-refractivity contribution < 1.29 is 9.53 Å². The maximum absolute atomic E-state index is 11.1. The van der Waals surface area contributed by atoms with Crippen LogP contribution in [0.3, 0.4) is 0 Å². The molecule has 0 fully saturated rings. The van der Waals surface area contributed by atoms with Crippen LogP contribution in [0.4, 0.5) is 0 Å². The number of fused-ring (bicyclic) bond motifs is 1. The monoisotopic (exact) mass is 266 g/mol. The lowest BCUT2D eigenvalue weighted by atomic mass is 10.2. The number of carbonyl (C=O) groups excluding carboxylic acids is 1. The first-order chi connectivity index (χ1) is 9.74. The van der Waals surface area contributed by atoms with E-state index in [1.54, 1.807) is 18.5 Å². The van der Waals surface area contributed by atoms with Gasteiger partial charge in [-0.05, 0) is 35.9 Å². The van der Waals surface area contributed by atoms with Crippen LogP contribution in [0, 0.1) is 0 Å². The molecule has 2 heterocycles. The van der Waals surface area contributed by atoms with Crippen molar-refractivity contribution in [2.45, 2.75) is 13.5 Å². The first kappa shape index (κ1) is 12.4. The Morgan fingerprint density at radius 2 is 2.00 bits per heavy atom. The highest BCUT2D eigenvalue weighted by Gasteiger charge is 2.08. The molecule has 0 radical (unpaired) electrons. The average molecular weight is 266 g/mol. The molecule has 3 aromatic rings. The molecule has 0 aliphatic rings. The van der Waals surface area contributed by atoms with Gasteiger partial charge >= 0.3 is 5.97 Å². The Kier molecular flexibility index (Phi) is 3.21. The van der Waals surface area contributed by atoms with Gasteiger partial charge in [-0.1, -0.05) is 6.07 Å². The number of ether oxygens (including phenoxy) is 1. The van der Waals surface area contributed by atoms with E-state index in [1.807, 2.05) is 36.5 Å². The van der Waals surface area contributed by atoms with Gasteiger partial charge in [0.25, 0.3) is 0 Å². The van der Waals surface area contributed by atoms with Gasteiger partial charge in [0.2, 0.25) is 0 Å². The molecule has 0 saturated heterocycles. The van der Waals surface area contributed by atoms with Crippen LogP contribution in [0.25, 0.3) is 10.9 Å². The number of pyridine rings is 1. The minimum Gasteiger partial charge on any atom is -0.426 e. The summed E-state index contributed by atoms with van der Waals surface area (Å²) in [5, 5.41) is 0.941. The molecule has 0 spiro atoms. The standard InChI is InChI=1S/C16H14N2O2/c1-12(19)20-16-4-2-3-15-14(16)7-10-18(15)11-13-5-8-17-9-6-13/h2-10H,11H2,1H3. The number of hydrogen-bond acceptors (Lipinski definition) is 3. The Morgan fingerprint density at radius 3 is 2.75 bits per heavy atom. The molecule has 4 heteroatoms. The van der Waals surface area contributed by atoms with Crippen molar-refractivity contribution in [1.29, 1.82) is 0 Å². The second-order valence-corrected chi connectivity index (χ2v) is 4.58. The highest BCUT2D eigenvalue weighted by Crippen LogP contribution is 2.27. The number of benzene rings is 1. The normalized spacial score (nSPS) is 10.7. The zero-order chi connectivity index (χ0) is 13.9. The van der Waals surface area contributed by atoms with Gasteiger partial charge in [0, 0.05) is 37.4 Å². The van der Waals surface area contributed by atoms with E-state index < -0.39 is 0 Å². The third kappa shape index (κ3) is 2.40. The Labute approximate surface area is 116 Å². The average Bonchev–Trinajstić information content (AvgIpc) is 2.84. The van der Waals surface area contributed by atoms with E-state index in [4.69, 9.17) is 4.74 Å². The van der Waals surface area contributed by atoms with Gasteiger partial charge in [-0.15, -0.1) is 0 Å². The third-order valence-corrected chi connectivity index (χ3v) is 3.13. The molecule has 0 saturated carbocycles. The molecule has 0 bridgehead atoms. The molecular formula is C16H14N2O2. The fourth-order valence-electron chi connectivity index (χ4n) is 2.26. The molecular weight excluding hydrogens is 252 g/mol. The van der Waals surface area contributed by atoms with Crippen LogP contribution in [-0.4, -0.2) is 15.5 Å². The van der Waals surface area contributed by atoms with Crippen molar-refractivity contribution in [2.75, 3.05) is 0 Å². The minimum atomic E-state index is -0.306. The van der Waals surface area contributed by atoms with Crippen molar-refractivity contribution in [3.8, 4) is 5.75 Å². The summed E-state index contributed by atoms with van der Waals surface area (Å²) in [6, 6.07) is 11.7. The largest absolute Gasteiger partial charge is 0.426 e. The molecule has 20 heavy (non-hydrogen) atoms. The molecule has 0 amide bonds. The first-order valence-corrected chi connectivity index (χ1v) is 6.39. The van der Waals surface area contributed by atoms with Gasteiger partial charge in [0.05, 0.1) is 5.52 Å². The van der Waals surface area contributed by atoms with Crippen molar-refractivity contribution in [2.24, 2.45) is 0 Å². The zero-order valence-electron chi connectivity index (χ0n) is 11.1. The lowest BCUT2D eigenvalue weighted by molar-refractivity contribution is -0.131. The summed E-state index contributed by atoms with van der Waals surface area (Å²) in [5.74, 6) is 0.294. The van der Waals surface area contributed by atoms with Crippen molar-refractivity contribution in [1.82, 2.24) is 9.55 Å². The molecule has 0 aliphatic carbocycles. The number of rotatable bonds is 3. The van der Waals surface area contributed by atoms with Crippen molar-refractivity contribution in [3.05, 3.63) is 60.6 Å². The van der Waals surface area contributed by atoms with Crippen LogP contribution in [-0.2, 0) is 11.3 Å². The highest BCUT2D eigenvalue weighted by molar-refractivity contribution is 5.88. The van der Waals surface area contributed by atoms with Crippen LogP contribution in [0.1, 0.15) is 12.5 Å². The van der Waals surface area contributed by atoms with Gasteiger partial charge in [0.1, 0.15) is 5.75 Å².